The Morgan fingerprint density at radius 2 is 2.10 bits per heavy atom. The minimum Gasteiger partial charge on any atom is -0.468 e. The molecule has 21 heavy (non-hydrogen) atoms. The summed E-state index contributed by atoms with van der Waals surface area (Å²) in [6, 6.07) is 8.90. The molecule has 1 aromatic heterocycles. The second-order valence-corrected chi connectivity index (χ2v) is 5.08. The lowest BCUT2D eigenvalue weighted by molar-refractivity contribution is -0.143. The van der Waals surface area contributed by atoms with Crippen molar-refractivity contribution in [2.45, 2.75) is 19.5 Å². The molecule has 1 aromatic carbocycles. The Morgan fingerprint density at radius 3 is 2.62 bits per heavy atom. The van der Waals surface area contributed by atoms with E-state index in [9.17, 15) is 4.79 Å². The fourth-order valence-electron chi connectivity index (χ4n) is 2.18. The highest BCUT2D eigenvalue weighted by molar-refractivity contribution is 6.30. The minimum atomic E-state index is -0.535. The van der Waals surface area contributed by atoms with Gasteiger partial charge in [0.05, 0.1) is 12.8 Å². The number of carbonyl (C=O) groups excluding carboxylic acids is 1. The largest absolute Gasteiger partial charge is 0.468 e. The zero-order valence-electron chi connectivity index (χ0n) is 12.3. The highest BCUT2D eigenvalue weighted by Gasteiger charge is 2.22. The van der Waals surface area contributed by atoms with Crippen LogP contribution in [0.5, 0.6) is 0 Å². The molecular weight excluding hydrogens is 290 g/mol. The molecule has 0 saturated heterocycles. The van der Waals surface area contributed by atoms with Gasteiger partial charge in [0.15, 0.2) is 0 Å². The van der Waals surface area contributed by atoms with E-state index in [1.54, 1.807) is 11.7 Å². The van der Waals surface area contributed by atoms with Crippen molar-refractivity contribution < 1.29 is 9.53 Å². The van der Waals surface area contributed by atoms with E-state index in [4.69, 9.17) is 16.3 Å². The molecule has 0 aliphatic rings. The molecule has 0 radical (unpaired) electrons. The number of benzene rings is 1. The number of rotatable bonds is 5. The molecule has 0 bridgehead atoms. The van der Waals surface area contributed by atoms with Gasteiger partial charge < -0.3 is 4.74 Å². The predicted octanol–water partition coefficient (Wildman–Crippen LogP) is 2.39. The van der Waals surface area contributed by atoms with E-state index in [0.717, 1.165) is 16.8 Å². The van der Waals surface area contributed by atoms with Crippen LogP contribution in [0.2, 0.25) is 5.15 Å². The summed E-state index contributed by atoms with van der Waals surface area (Å²) in [7, 11) is 3.16. The molecule has 5 nitrogen and oxygen atoms in total. The van der Waals surface area contributed by atoms with Gasteiger partial charge in [-0.2, -0.15) is 5.10 Å². The number of carbonyl (C=O) groups is 1. The van der Waals surface area contributed by atoms with Gasteiger partial charge in [-0.3, -0.25) is 10.00 Å². The van der Waals surface area contributed by atoms with Crippen LogP contribution in [0, 0.1) is 6.92 Å². The third-order valence-corrected chi connectivity index (χ3v) is 3.80. The number of nitrogens with one attached hydrogen (secondary N) is 1. The Hall–Kier alpha value is -1.85. The van der Waals surface area contributed by atoms with Gasteiger partial charge >= 0.3 is 5.97 Å². The van der Waals surface area contributed by atoms with Gasteiger partial charge in [-0.15, -0.1) is 0 Å². The molecule has 0 spiro atoms. The van der Waals surface area contributed by atoms with Gasteiger partial charge in [-0.25, -0.2) is 4.79 Å². The number of nitrogens with zero attached hydrogens (tertiary/aromatic N) is 2. The summed E-state index contributed by atoms with van der Waals surface area (Å²) in [5.74, 6) is -0.334. The van der Waals surface area contributed by atoms with E-state index in [-0.39, 0.29) is 5.97 Å². The summed E-state index contributed by atoms with van der Waals surface area (Å²) in [6.07, 6.45) is 0. The minimum absolute atomic E-state index is 0.334. The molecule has 0 aliphatic heterocycles. The lowest BCUT2D eigenvalue weighted by Crippen LogP contribution is -2.29. The number of halogens is 1. The second-order valence-electron chi connectivity index (χ2n) is 4.73. The first-order chi connectivity index (χ1) is 10.0. The zero-order valence-corrected chi connectivity index (χ0v) is 13.0. The Kier molecular flexibility index (Phi) is 4.98. The first-order valence-corrected chi connectivity index (χ1v) is 6.96. The van der Waals surface area contributed by atoms with Crippen LogP contribution in [-0.2, 0) is 23.1 Å². The van der Waals surface area contributed by atoms with Crippen LogP contribution in [0.4, 0.5) is 0 Å². The first-order valence-electron chi connectivity index (χ1n) is 6.58. The monoisotopic (exact) mass is 307 g/mol. The van der Waals surface area contributed by atoms with E-state index in [0.29, 0.717) is 11.7 Å². The van der Waals surface area contributed by atoms with Gasteiger partial charge in [0.25, 0.3) is 0 Å². The Balaban J connectivity index is 2.19. The fraction of sp³-hybridized carbons (Fsp3) is 0.333. The normalized spacial score (nSPS) is 12.2. The van der Waals surface area contributed by atoms with Crippen molar-refractivity contribution in [3.63, 3.8) is 0 Å². The van der Waals surface area contributed by atoms with Crippen molar-refractivity contribution in [2.75, 3.05) is 7.11 Å². The predicted molar refractivity (Wildman–Crippen MR) is 81.0 cm³/mol. The number of aromatic nitrogens is 2. The number of aryl methyl sites for hydroxylation is 2. The topological polar surface area (TPSA) is 56.1 Å². The molecule has 0 amide bonds. The lowest BCUT2D eigenvalue weighted by atomic mass is 10.1. The summed E-state index contributed by atoms with van der Waals surface area (Å²) in [5.41, 5.74) is 2.57. The van der Waals surface area contributed by atoms with Crippen LogP contribution in [0.1, 0.15) is 22.9 Å². The zero-order chi connectivity index (χ0) is 15.4. The fourth-order valence-corrected chi connectivity index (χ4v) is 2.42. The van der Waals surface area contributed by atoms with E-state index in [1.165, 1.54) is 7.11 Å². The molecule has 0 aliphatic carbocycles. The maximum atomic E-state index is 12.0. The summed E-state index contributed by atoms with van der Waals surface area (Å²) < 4.78 is 6.48. The maximum Gasteiger partial charge on any atom is 0.327 e. The number of hydrogen-bond donors (Lipinski definition) is 1. The quantitative estimate of drug-likeness (QED) is 0.862. The van der Waals surface area contributed by atoms with Crippen LogP contribution in [0.3, 0.4) is 0 Å². The van der Waals surface area contributed by atoms with Crippen LogP contribution in [0.15, 0.2) is 30.3 Å². The number of ether oxygens (including phenoxy) is 1. The van der Waals surface area contributed by atoms with Crippen molar-refractivity contribution in [2.24, 2.45) is 7.05 Å². The molecule has 2 aromatic rings. The molecule has 1 N–H and O–H groups in total. The molecular formula is C15H18ClN3O2. The van der Waals surface area contributed by atoms with Crippen molar-refractivity contribution >= 4 is 17.6 Å². The first kappa shape index (κ1) is 15.5. The molecule has 0 saturated carbocycles. The summed E-state index contributed by atoms with van der Waals surface area (Å²) in [4.78, 5) is 12.0. The summed E-state index contributed by atoms with van der Waals surface area (Å²) in [5, 5.41) is 8.01. The Morgan fingerprint density at radius 1 is 1.43 bits per heavy atom. The van der Waals surface area contributed by atoms with Gasteiger partial charge in [-0.1, -0.05) is 41.9 Å². The van der Waals surface area contributed by atoms with Crippen molar-refractivity contribution in [3.05, 3.63) is 52.3 Å². The second kappa shape index (κ2) is 6.74. The summed E-state index contributed by atoms with van der Waals surface area (Å²) in [6.45, 7) is 2.33. The number of esters is 1. The number of hydrogen-bond acceptors (Lipinski definition) is 4. The average molecular weight is 308 g/mol. The summed E-state index contributed by atoms with van der Waals surface area (Å²) >= 11 is 6.20. The van der Waals surface area contributed by atoms with Gasteiger partial charge in [0.2, 0.25) is 0 Å². The molecule has 112 valence electrons. The maximum absolute atomic E-state index is 12.0. The molecule has 2 rings (SSSR count). The lowest BCUT2D eigenvalue weighted by Gasteiger charge is -2.16. The van der Waals surface area contributed by atoms with Gasteiger partial charge in [0.1, 0.15) is 11.2 Å². The van der Waals surface area contributed by atoms with E-state index in [1.807, 2.05) is 37.3 Å². The van der Waals surface area contributed by atoms with Crippen molar-refractivity contribution in [1.29, 1.82) is 0 Å². The van der Waals surface area contributed by atoms with E-state index < -0.39 is 6.04 Å². The van der Waals surface area contributed by atoms with Crippen LogP contribution >= 0.6 is 11.6 Å². The van der Waals surface area contributed by atoms with Crippen LogP contribution in [-0.4, -0.2) is 22.9 Å². The highest BCUT2D eigenvalue weighted by Crippen LogP contribution is 2.21. The van der Waals surface area contributed by atoms with E-state index >= 15 is 0 Å². The third kappa shape index (κ3) is 3.43. The van der Waals surface area contributed by atoms with Gasteiger partial charge in [0, 0.05) is 19.2 Å². The van der Waals surface area contributed by atoms with Crippen molar-refractivity contribution in [1.82, 2.24) is 15.1 Å². The van der Waals surface area contributed by atoms with Gasteiger partial charge in [-0.05, 0) is 12.5 Å². The average Bonchev–Trinajstić information content (AvgIpc) is 2.74. The molecule has 0 fully saturated rings. The standard InChI is InChI=1S/C15H18ClN3O2/c1-10-12(14(16)19(2)18-10)9-17-13(15(20)21-3)11-7-5-4-6-8-11/h4-8,13,17H,9H2,1-3H3. The van der Waals surface area contributed by atoms with Crippen molar-refractivity contribution in [3.8, 4) is 0 Å². The smallest absolute Gasteiger partial charge is 0.327 e. The molecule has 6 heteroatoms. The SMILES string of the molecule is COC(=O)C(NCc1c(C)nn(C)c1Cl)c1ccccc1. The number of methoxy groups -OCH3 is 1. The molecule has 1 unspecified atom stereocenters. The van der Waals surface area contributed by atoms with Crippen LogP contribution < -0.4 is 5.32 Å². The molecule has 1 atom stereocenters. The van der Waals surface area contributed by atoms with Crippen LogP contribution in [0.25, 0.3) is 0 Å². The third-order valence-electron chi connectivity index (χ3n) is 3.32. The highest BCUT2D eigenvalue weighted by atomic mass is 35.5. The Labute approximate surface area is 128 Å². The molecule has 1 heterocycles. The van der Waals surface area contributed by atoms with E-state index in [2.05, 4.69) is 10.4 Å². The Bertz CT molecular complexity index is 625.